The number of aromatic amines is 2. The van der Waals surface area contributed by atoms with Gasteiger partial charge in [0.15, 0.2) is 0 Å². The van der Waals surface area contributed by atoms with Crippen LogP contribution in [0.4, 0.5) is 25.4 Å². The number of nitrogens with one attached hydrogen (secondary N) is 4. The molecule has 0 radical (unpaired) electrons. The maximum Gasteiger partial charge on any atom is 0.407 e. The van der Waals surface area contributed by atoms with Crippen LogP contribution in [0.5, 0.6) is 0 Å². The quantitative estimate of drug-likeness (QED) is 0.0870. The second-order valence-electron chi connectivity index (χ2n) is 21.2. The minimum atomic E-state index is -0.740. The summed E-state index contributed by atoms with van der Waals surface area (Å²) >= 11 is 0. The van der Waals surface area contributed by atoms with Gasteiger partial charge in [0, 0.05) is 31.9 Å². The predicted octanol–water partition coefficient (Wildman–Crippen LogP) is 10.1. The van der Waals surface area contributed by atoms with E-state index in [0.29, 0.717) is 36.3 Å². The second-order valence-corrected chi connectivity index (χ2v) is 21.2. The Labute approximate surface area is 431 Å². The van der Waals surface area contributed by atoms with Gasteiger partial charge in [-0.15, -0.1) is 0 Å². The number of H-pyrrole nitrogens is 2. The molecule has 4 amide bonds. The molecule has 0 bridgehead atoms. The van der Waals surface area contributed by atoms with Gasteiger partial charge >= 0.3 is 12.2 Å². The normalized spacial score (nSPS) is 21.3. The van der Waals surface area contributed by atoms with E-state index in [4.69, 9.17) is 19.4 Å². The molecule has 4 aliphatic rings. The number of benzene rings is 4. The lowest BCUT2D eigenvalue weighted by molar-refractivity contribution is -0.136. The number of nitrogens with zero attached hydrogens (tertiary/aromatic N) is 6. The van der Waals surface area contributed by atoms with E-state index in [1.54, 1.807) is 6.07 Å². The first kappa shape index (κ1) is 50.4. The zero-order valence-electron chi connectivity index (χ0n) is 43.3. The fourth-order valence-electron chi connectivity index (χ4n) is 12.1. The minimum absolute atomic E-state index is 0.131. The Hall–Kier alpha value is -7.17. The van der Waals surface area contributed by atoms with Crippen molar-refractivity contribution >= 4 is 57.4 Å². The van der Waals surface area contributed by atoms with Crippen LogP contribution < -0.4 is 20.4 Å². The van der Waals surface area contributed by atoms with Gasteiger partial charge in [-0.2, -0.15) is 0 Å². The first-order chi connectivity index (χ1) is 35.8. The summed E-state index contributed by atoms with van der Waals surface area (Å²) in [6, 6.07) is 26.6. The molecule has 0 aliphatic carbocycles. The average Bonchev–Trinajstić information content (AvgIpc) is 4.28. The Balaban J connectivity index is 0.951. The van der Waals surface area contributed by atoms with E-state index in [-0.39, 0.29) is 53.6 Å². The molecule has 17 heteroatoms. The largest absolute Gasteiger partial charge is 0.453 e. The van der Waals surface area contributed by atoms with Crippen LogP contribution in [0.15, 0.2) is 84.9 Å². The molecule has 0 spiro atoms. The number of likely N-dealkylation sites (tertiary alicyclic amines) is 2. The van der Waals surface area contributed by atoms with Gasteiger partial charge < -0.3 is 49.7 Å². The number of piperidine rings is 1. The number of rotatable bonds is 13. The van der Waals surface area contributed by atoms with Gasteiger partial charge in [-0.3, -0.25) is 9.59 Å². The number of imidazole rings is 2. The average molecular weight is 1010 g/mol. The highest BCUT2D eigenvalue weighted by Crippen LogP contribution is 2.49. The smallest absolute Gasteiger partial charge is 0.407 e. The summed E-state index contributed by atoms with van der Waals surface area (Å²) in [5.74, 6) is 0.964. The number of amides is 4. The molecule has 2 aromatic heterocycles. The Morgan fingerprint density at radius 3 is 1.55 bits per heavy atom. The number of methoxy groups -OCH3 is 2. The van der Waals surface area contributed by atoms with Crippen LogP contribution in [0.3, 0.4) is 0 Å². The van der Waals surface area contributed by atoms with Crippen LogP contribution in [0.1, 0.15) is 137 Å². The Morgan fingerprint density at radius 2 is 1.09 bits per heavy atom. The number of alkyl carbamates (subject to hydrolysis) is 2. The van der Waals surface area contributed by atoms with Crippen molar-refractivity contribution in [2.75, 3.05) is 50.2 Å². The van der Waals surface area contributed by atoms with Gasteiger partial charge in [0.2, 0.25) is 11.8 Å². The van der Waals surface area contributed by atoms with Crippen molar-refractivity contribution in [2.24, 2.45) is 11.8 Å². The fraction of sp³-hybridized carbons (Fsp3) is 0.474. The molecule has 10 rings (SSSR count). The zero-order valence-corrected chi connectivity index (χ0v) is 43.3. The molecule has 74 heavy (non-hydrogen) atoms. The Kier molecular flexibility index (Phi) is 14.5. The Bertz CT molecular complexity index is 2860. The molecule has 6 heterocycles. The van der Waals surface area contributed by atoms with Crippen LogP contribution in [0.25, 0.3) is 22.1 Å². The summed E-state index contributed by atoms with van der Waals surface area (Å²) in [6.07, 6.45) is 5.28. The van der Waals surface area contributed by atoms with E-state index < -0.39 is 24.3 Å². The summed E-state index contributed by atoms with van der Waals surface area (Å²) in [7, 11) is 2.58. The lowest BCUT2D eigenvalue weighted by Crippen LogP contribution is -2.51. The third-order valence-electron chi connectivity index (χ3n) is 16.0. The molecule has 4 aromatic carbocycles. The van der Waals surface area contributed by atoms with Gasteiger partial charge in [-0.25, -0.2) is 23.9 Å². The van der Waals surface area contributed by atoms with Crippen molar-refractivity contribution in [1.82, 2.24) is 40.4 Å². The molecule has 4 aliphatic heterocycles. The second kappa shape index (κ2) is 21.4. The molecule has 4 N–H and O–H groups in total. The van der Waals surface area contributed by atoms with Gasteiger partial charge in [0.05, 0.1) is 66.1 Å². The predicted molar refractivity (Wildman–Crippen MR) is 282 cm³/mol. The van der Waals surface area contributed by atoms with Crippen molar-refractivity contribution in [2.45, 2.75) is 121 Å². The number of anilines is 2. The molecule has 390 valence electrons. The maximum absolute atomic E-state index is 16.8. The molecule has 1 unspecified atom stereocenters. The van der Waals surface area contributed by atoms with Crippen molar-refractivity contribution in [3.8, 4) is 0 Å². The first-order valence-electron chi connectivity index (χ1n) is 26.5. The molecule has 16 nitrogen and oxygen atoms in total. The van der Waals surface area contributed by atoms with E-state index in [2.05, 4.69) is 97.1 Å². The number of ether oxygens (including phenoxy) is 2. The SMILES string of the molecule is COC(=O)NC(C(=O)N1CCC[C@H]1c1nc2cc([C@H]3CC[C@H](c4ccc5[nH]c([C@@H]6CCCN6C(=O)[C@@H](NC(=O)OC)C(C)C)nc5c4)N3c3ccc(N4CCC(c5ccccc5)CC4)c(F)c3)ccc2[nH]1)C(C)C. The van der Waals surface area contributed by atoms with Crippen molar-refractivity contribution < 1.29 is 33.0 Å². The highest BCUT2D eigenvalue weighted by atomic mass is 19.1. The lowest BCUT2D eigenvalue weighted by atomic mass is 9.89. The third-order valence-corrected chi connectivity index (χ3v) is 16.0. The number of halogens is 1. The Morgan fingerprint density at radius 1 is 0.595 bits per heavy atom. The topological polar surface area (TPSA) is 181 Å². The molecule has 6 atom stereocenters. The van der Waals surface area contributed by atoms with E-state index in [1.807, 2.05) is 49.6 Å². The highest BCUT2D eigenvalue weighted by molar-refractivity contribution is 5.88. The van der Waals surface area contributed by atoms with Crippen LogP contribution in [0.2, 0.25) is 0 Å². The fourth-order valence-corrected chi connectivity index (χ4v) is 12.1. The number of hydrogen-bond donors (Lipinski definition) is 4. The molecular formula is C57H69FN10O6. The monoisotopic (exact) mass is 1010 g/mol. The number of fused-ring (bicyclic) bond motifs is 2. The molecule has 6 aromatic rings. The van der Waals surface area contributed by atoms with Crippen LogP contribution in [0, 0.1) is 17.7 Å². The summed E-state index contributed by atoms with van der Waals surface area (Å²) < 4.78 is 26.5. The van der Waals surface area contributed by atoms with Crippen LogP contribution >= 0.6 is 0 Å². The summed E-state index contributed by atoms with van der Waals surface area (Å²) in [5, 5.41) is 5.47. The zero-order chi connectivity index (χ0) is 51.8. The van der Waals surface area contributed by atoms with E-state index >= 15 is 4.39 Å². The molecule has 4 saturated heterocycles. The van der Waals surface area contributed by atoms with E-state index in [0.717, 1.165) is 103 Å². The van der Waals surface area contributed by atoms with E-state index in [1.165, 1.54) is 19.8 Å². The minimum Gasteiger partial charge on any atom is -0.453 e. The highest BCUT2D eigenvalue weighted by Gasteiger charge is 2.41. The lowest BCUT2D eigenvalue weighted by Gasteiger charge is -2.36. The summed E-state index contributed by atoms with van der Waals surface area (Å²) in [6.45, 7) is 10.3. The van der Waals surface area contributed by atoms with Gasteiger partial charge in [-0.1, -0.05) is 70.2 Å². The van der Waals surface area contributed by atoms with Crippen molar-refractivity contribution in [3.63, 3.8) is 0 Å². The number of carbonyl (C=O) groups is 4. The number of hydrogen-bond acceptors (Lipinski definition) is 10. The summed E-state index contributed by atoms with van der Waals surface area (Å²) in [4.78, 5) is 77.9. The summed E-state index contributed by atoms with van der Waals surface area (Å²) in [5.41, 5.74) is 8.08. The standard InChI is InChI=1S/C57H69FN10O6/c1-33(2)50(63-56(71)73-5)54(69)66-26-10-14-48(66)52-59-41-19-16-37(30-43(41)61-52)45-22-23-46(68(45)39-18-21-47(40(58)32-39)65-28-24-36(25-29-65)35-12-8-7-9-13-35)38-17-20-42-44(31-38)62-53(60-42)49-15-11-27-67(49)55(70)51(34(3)4)64-57(72)74-6/h7-9,12-13,16-21,30-34,36,45-46,48-51H,10-11,14-15,22-29H2,1-6H3,(H,59,61)(H,60,62)(H,63,71)(H,64,72)/t45-,46-,48+,49+,50+,51?/m1/s1. The van der Waals surface area contributed by atoms with Crippen molar-refractivity contribution in [3.05, 3.63) is 119 Å². The van der Waals surface area contributed by atoms with Crippen LogP contribution in [-0.4, -0.2) is 106 Å². The van der Waals surface area contributed by atoms with Crippen LogP contribution in [-0.2, 0) is 19.1 Å². The van der Waals surface area contributed by atoms with Gasteiger partial charge in [-0.05, 0) is 128 Å². The van der Waals surface area contributed by atoms with Gasteiger partial charge in [0.25, 0.3) is 0 Å². The van der Waals surface area contributed by atoms with E-state index in [9.17, 15) is 19.2 Å². The first-order valence-corrected chi connectivity index (χ1v) is 26.5. The van der Waals surface area contributed by atoms with Gasteiger partial charge in [0.1, 0.15) is 29.5 Å². The molecule has 4 fully saturated rings. The maximum atomic E-state index is 16.8. The number of aromatic nitrogens is 4. The molecule has 0 saturated carbocycles. The molecular weight excluding hydrogens is 940 g/mol. The number of carbonyl (C=O) groups excluding carboxylic acids is 4. The third kappa shape index (κ3) is 9.96. The van der Waals surface area contributed by atoms with Crippen molar-refractivity contribution in [1.29, 1.82) is 0 Å².